The van der Waals surface area contributed by atoms with E-state index in [4.69, 9.17) is 9.84 Å². The minimum atomic E-state index is 0.273. The lowest BCUT2D eigenvalue weighted by atomic mass is 10.1. The summed E-state index contributed by atoms with van der Waals surface area (Å²) in [6.07, 6.45) is 2.90. The number of rotatable bonds is 9. The highest BCUT2D eigenvalue weighted by Gasteiger charge is 2.01. The zero-order valence-corrected chi connectivity index (χ0v) is 11.5. The Kier molecular flexibility index (Phi) is 7.46. The first-order valence-corrected chi connectivity index (χ1v) is 6.82. The molecule has 1 atom stereocenters. The summed E-state index contributed by atoms with van der Waals surface area (Å²) in [6, 6.07) is 8.66. The highest BCUT2D eigenvalue weighted by atomic mass is 16.5. The Morgan fingerprint density at radius 2 is 2.00 bits per heavy atom. The van der Waals surface area contributed by atoms with Crippen LogP contribution < -0.4 is 10.1 Å². The van der Waals surface area contributed by atoms with Crippen molar-refractivity contribution in [1.29, 1.82) is 0 Å². The lowest BCUT2D eigenvalue weighted by Crippen LogP contribution is -2.25. The second kappa shape index (κ2) is 8.95. The van der Waals surface area contributed by atoms with Crippen LogP contribution in [0.1, 0.15) is 38.7 Å². The Bertz CT molecular complexity index is 311. The van der Waals surface area contributed by atoms with Crippen molar-refractivity contribution >= 4 is 0 Å². The first-order valence-electron chi connectivity index (χ1n) is 6.82. The van der Waals surface area contributed by atoms with E-state index in [0.717, 1.165) is 38.2 Å². The van der Waals surface area contributed by atoms with E-state index in [0.29, 0.717) is 6.04 Å². The molecule has 0 aliphatic carbocycles. The van der Waals surface area contributed by atoms with E-state index in [1.54, 1.807) is 0 Å². The van der Waals surface area contributed by atoms with Crippen molar-refractivity contribution in [3.63, 3.8) is 0 Å². The van der Waals surface area contributed by atoms with E-state index in [1.165, 1.54) is 5.56 Å². The molecule has 1 aromatic rings. The summed E-state index contributed by atoms with van der Waals surface area (Å²) in [5, 5.41) is 12.2. The molecule has 102 valence electrons. The molecule has 2 N–H and O–H groups in total. The zero-order valence-electron chi connectivity index (χ0n) is 11.5. The lowest BCUT2D eigenvalue weighted by Gasteiger charge is -2.13. The van der Waals surface area contributed by atoms with Gasteiger partial charge in [-0.05, 0) is 43.9 Å². The maximum Gasteiger partial charge on any atom is 0.119 e. The summed E-state index contributed by atoms with van der Waals surface area (Å²) >= 11 is 0. The molecule has 0 amide bonds. The van der Waals surface area contributed by atoms with Gasteiger partial charge in [-0.15, -0.1) is 0 Å². The average Bonchev–Trinajstić information content (AvgIpc) is 2.41. The highest BCUT2D eigenvalue weighted by molar-refractivity contribution is 5.27. The van der Waals surface area contributed by atoms with E-state index in [2.05, 4.69) is 31.3 Å². The van der Waals surface area contributed by atoms with Gasteiger partial charge in [-0.25, -0.2) is 0 Å². The third-order valence-corrected chi connectivity index (χ3v) is 2.85. The second-order valence-electron chi connectivity index (χ2n) is 4.64. The van der Waals surface area contributed by atoms with Crippen LogP contribution in [-0.4, -0.2) is 24.4 Å². The molecule has 0 aromatic heterocycles. The Hall–Kier alpha value is -1.06. The van der Waals surface area contributed by atoms with Crippen molar-refractivity contribution in [2.75, 3.05) is 13.2 Å². The smallest absolute Gasteiger partial charge is 0.119 e. The third-order valence-electron chi connectivity index (χ3n) is 2.85. The number of nitrogens with one attached hydrogen (secondary N) is 1. The second-order valence-corrected chi connectivity index (χ2v) is 4.64. The molecule has 18 heavy (non-hydrogen) atoms. The molecule has 0 saturated heterocycles. The minimum absolute atomic E-state index is 0.273. The number of hydrogen-bond acceptors (Lipinski definition) is 3. The number of hydrogen-bond donors (Lipinski definition) is 2. The first-order chi connectivity index (χ1) is 8.76. The van der Waals surface area contributed by atoms with E-state index >= 15 is 0 Å². The summed E-state index contributed by atoms with van der Waals surface area (Å²) < 4.78 is 5.54. The van der Waals surface area contributed by atoms with E-state index in [9.17, 15) is 0 Å². The van der Waals surface area contributed by atoms with Crippen molar-refractivity contribution in [2.24, 2.45) is 0 Å². The minimum Gasteiger partial charge on any atom is -0.494 e. The Morgan fingerprint density at radius 3 is 2.61 bits per heavy atom. The lowest BCUT2D eigenvalue weighted by molar-refractivity contribution is 0.276. The number of ether oxygens (including phenoxy) is 1. The fraction of sp³-hybridized carbons (Fsp3) is 0.600. The molecule has 3 heteroatoms. The molecule has 0 bridgehead atoms. The van der Waals surface area contributed by atoms with Gasteiger partial charge in [0.05, 0.1) is 6.61 Å². The molecule has 1 unspecified atom stereocenters. The molecule has 3 nitrogen and oxygen atoms in total. The molecule has 0 aliphatic heterocycles. The predicted molar refractivity (Wildman–Crippen MR) is 74.8 cm³/mol. The Labute approximate surface area is 110 Å². The molecule has 0 heterocycles. The van der Waals surface area contributed by atoms with Crippen molar-refractivity contribution in [1.82, 2.24) is 5.32 Å². The number of aliphatic hydroxyl groups is 1. The van der Waals surface area contributed by atoms with Gasteiger partial charge in [0, 0.05) is 19.2 Å². The van der Waals surface area contributed by atoms with Crippen LogP contribution in [0.25, 0.3) is 0 Å². The van der Waals surface area contributed by atoms with Gasteiger partial charge in [0.1, 0.15) is 5.75 Å². The summed E-state index contributed by atoms with van der Waals surface area (Å²) in [6.45, 7) is 6.16. The van der Waals surface area contributed by atoms with Crippen LogP contribution in [0, 0.1) is 0 Å². The normalized spacial score (nSPS) is 12.4. The quantitative estimate of drug-likeness (QED) is 0.709. The van der Waals surface area contributed by atoms with Gasteiger partial charge in [0.25, 0.3) is 0 Å². The van der Waals surface area contributed by atoms with Gasteiger partial charge in [-0.1, -0.05) is 19.1 Å². The van der Waals surface area contributed by atoms with Gasteiger partial charge in [0.2, 0.25) is 0 Å². The number of aliphatic hydroxyl groups excluding tert-OH is 1. The summed E-state index contributed by atoms with van der Waals surface area (Å²) in [4.78, 5) is 0. The van der Waals surface area contributed by atoms with Gasteiger partial charge >= 0.3 is 0 Å². The van der Waals surface area contributed by atoms with Gasteiger partial charge in [-0.3, -0.25) is 0 Å². The van der Waals surface area contributed by atoms with E-state index in [-0.39, 0.29) is 6.61 Å². The molecular weight excluding hydrogens is 226 g/mol. The predicted octanol–water partition coefficient (Wildman–Crippen LogP) is 2.73. The summed E-state index contributed by atoms with van der Waals surface area (Å²) in [5.41, 5.74) is 1.26. The molecule has 0 spiro atoms. The Balaban J connectivity index is 2.30. The van der Waals surface area contributed by atoms with Crippen LogP contribution in [0.5, 0.6) is 5.75 Å². The molecule has 1 rings (SSSR count). The maximum absolute atomic E-state index is 8.76. The Morgan fingerprint density at radius 1 is 1.28 bits per heavy atom. The molecular formula is C15H25NO2. The molecule has 1 aromatic carbocycles. The summed E-state index contributed by atoms with van der Waals surface area (Å²) in [5.74, 6) is 0.939. The summed E-state index contributed by atoms with van der Waals surface area (Å²) in [7, 11) is 0. The number of benzene rings is 1. The first kappa shape index (κ1) is 15.0. The fourth-order valence-corrected chi connectivity index (χ4v) is 1.72. The van der Waals surface area contributed by atoms with Crippen LogP contribution in [-0.2, 0) is 6.54 Å². The van der Waals surface area contributed by atoms with Crippen molar-refractivity contribution in [3.8, 4) is 5.75 Å². The standard InChI is InChI=1S/C15H25NO2/c1-3-11-18-15-8-6-14(7-9-15)12-16-13(2)5-4-10-17/h6-9,13,16-17H,3-5,10-12H2,1-2H3. The zero-order chi connectivity index (χ0) is 13.2. The fourth-order valence-electron chi connectivity index (χ4n) is 1.72. The van der Waals surface area contributed by atoms with Crippen molar-refractivity contribution in [3.05, 3.63) is 29.8 Å². The molecule has 0 aliphatic rings. The van der Waals surface area contributed by atoms with Crippen LogP contribution >= 0.6 is 0 Å². The average molecular weight is 251 g/mol. The molecule has 0 saturated carbocycles. The largest absolute Gasteiger partial charge is 0.494 e. The van der Waals surface area contributed by atoms with Gasteiger partial charge in [-0.2, -0.15) is 0 Å². The topological polar surface area (TPSA) is 41.5 Å². The van der Waals surface area contributed by atoms with Crippen molar-refractivity contribution < 1.29 is 9.84 Å². The third kappa shape index (κ3) is 6.03. The van der Waals surface area contributed by atoms with E-state index < -0.39 is 0 Å². The molecule has 0 radical (unpaired) electrons. The monoisotopic (exact) mass is 251 g/mol. The van der Waals surface area contributed by atoms with Crippen LogP contribution in [0.3, 0.4) is 0 Å². The van der Waals surface area contributed by atoms with Gasteiger partial charge in [0.15, 0.2) is 0 Å². The SMILES string of the molecule is CCCOc1ccc(CNC(C)CCCO)cc1. The van der Waals surface area contributed by atoms with Crippen LogP contribution in [0.15, 0.2) is 24.3 Å². The van der Waals surface area contributed by atoms with Crippen LogP contribution in [0.4, 0.5) is 0 Å². The maximum atomic E-state index is 8.76. The molecule has 0 fully saturated rings. The van der Waals surface area contributed by atoms with Crippen LogP contribution in [0.2, 0.25) is 0 Å². The van der Waals surface area contributed by atoms with Gasteiger partial charge < -0.3 is 15.2 Å². The van der Waals surface area contributed by atoms with Crippen molar-refractivity contribution in [2.45, 2.75) is 45.7 Å². The highest BCUT2D eigenvalue weighted by Crippen LogP contribution is 2.12. The van der Waals surface area contributed by atoms with E-state index in [1.807, 2.05) is 12.1 Å².